The van der Waals surface area contributed by atoms with Crippen molar-refractivity contribution in [2.75, 3.05) is 13.2 Å². The van der Waals surface area contributed by atoms with Gasteiger partial charge in [-0.1, -0.05) is 0 Å². The van der Waals surface area contributed by atoms with Gasteiger partial charge in [0.1, 0.15) is 19.0 Å². The van der Waals surface area contributed by atoms with Gasteiger partial charge in [0.15, 0.2) is 11.5 Å². The predicted molar refractivity (Wildman–Crippen MR) is 69.7 cm³/mol. The summed E-state index contributed by atoms with van der Waals surface area (Å²) in [6.07, 6.45) is 1.83. The van der Waals surface area contributed by atoms with Crippen LogP contribution < -0.4 is 15.2 Å². The Morgan fingerprint density at radius 2 is 2.06 bits per heavy atom. The summed E-state index contributed by atoms with van der Waals surface area (Å²) in [5, 5.41) is 0. The molecule has 0 radical (unpaired) electrons. The highest BCUT2D eigenvalue weighted by Gasteiger charge is 2.51. The lowest BCUT2D eigenvalue weighted by Crippen LogP contribution is -2.33. The summed E-state index contributed by atoms with van der Waals surface area (Å²) in [6, 6.07) is 1.34. The molecule has 18 heavy (non-hydrogen) atoms. The molecule has 1 atom stereocenters. The standard InChI is InChI=1S/C13H15BrFNO2/c1-7(16)13(2-3-13)10-8(15)6-9-12(11(10)14)18-5-4-17-9/h6-7H,2-5,16H2,1H3. The monoisotopic (exact) mass is 315 g/mol. The molecule has 0 spiro atoms. The van der Waals surface area contributed by atoms with E-state index >= 15 is 0 Å². The molecule has 5 heteroatoms. The van der Waals surface area contributed by atoms with Gasteiger partial charge in [-0.3, -0.25) is 0 Å². The molecule has 1 heterocycles. The van der Waals surface area contributed by atoms with Crippen LogP contribution in [0.2, 0.25) is 0 Å². The number of halogens is 2. The summed E-state index contributed by atoms with van der Waals surface area (Å²) in [6.45, 7) is 2.87. The summed E-state index contributed by atoms with van der Waals surface area (Å²) in [5.74, 6) is 0.806. The second-order valence-electron chi connectivity index (χ2n) is 5.02. The Morgan fingerprint density at radius 3 is 2.67 bits per heavy atom. The van der Waals surface area contributed by atoms with Gasteiger partial charge in [-0.05, 0) is 35.7 Å². The fraction of sp³-hybridized carbons (Fsp3) is 0.538. The van der Waals surface area contributed by atoms with Crippen LogP contribution in [0.25, 0.3) is 0 Å². The molecule has 2 N–H and O–H groups in total. The summed E-state index contributed by atoms with van der Waals surface area (Å²) in [7, 11) is 0. The normalized spacial score (nSPS) is 21.6. The van der Waals surface area contributed by atoms with E-state index in [-0.39, 0.29) is 17.3 Å². The highest BCUT2D eigenvalue weighted by molar-refractivity contribution is 9.10. The molecule has 3 rings (SSSR count). The zero-order chi connectivity index (χ0) is 12.9. The molecule has 2 aliphatic rings. The van der Waals surface area contributed by atoms with Gasteiger partial charge in [0, 0.05) is 23.1 Å². The largest absolute Gasteiger partial charge is 0.486 e. The summed E-state index contributed by atoms with van der Waals surface area (Å²) in [4.78, 5) is 0. The first-order valence-corrected chi connectivity index (χ1v) is 6.89. The van der Waals surface area contributed by atoms with Crippen molar-refractivity contribution < 1.29 is 13.9 Å². The van der Waals surface area contributed by atoms with E-state index in [1.807, 2.05) is 6.92 Å². The van der Waals surface area contributed by atoms with E-state index in [1.54, 1.807) is 0 Å². The number of benzene rings is 1. The molecule has 1 aliphatic heterocycles. The van der Waals surface area contributed by atoms with Gasteiger partial charge in [0.05, 0.1) is 4.47 Å². The maximum atomic E-state index is 14.3. The molecule has 0 amide bonds. The third-order valence-electron chi connectivity index (χ3n) is 3.88. The smallest absolute Gasteiger partial charge is 0.176 e. The topological polar surface area (TPSA) is 44.5 Å². The van der Waals surface area contributed by atoms with E-state index in [0.717, 1.165) is 12.8 Å². The summed E-state index contributed by atoms with van der Waals surface area (Å²) < 4.78 is 26.0. The van der Waals surface area contributed by atoms with Crippen LogP contribution >= 0.6 is 15.9 Å². The van der Waals surface area contributed by atoms with Crippen molar-refractivity contribution in [1.29, 1.82) is 0 Å². The van der Waals surface area contributed by atoms with Gasteiger partial charge in [0.25, 0.3) is 0 Å². The van der Waals surface area contributed by atoms with Crippen LogP contribution in [0.4, 0.5) is 4.39 Å². The zero-order valence-corrected chi connectivity index (χ0v) is 11.7. The molecular formula is C13H15BrFNO2. The maximum absolute atomic E-state index is 14.3. The Bertz CT molecular complexity index is 500. The van der Waals surface area contributed by atoms with Gasteiger partial charge in [0.2, 0.25) is 0 Å². The zero-order valence-electron chi connectivity index (χ0n) is 10.1. The molecule has 0 saturated heterocycles. The molecule has 1 aromatic rings. The van der Waals surface area contributed by atoms with Crippen LogP contribution in [0.15, 0.2) is 10.5 Å². The number of fused-ring (bicyclic) bond motifs is 1. The summed E-state index contributed by atoms with van der Waals surface area (Å²) >= 11 is 3.46. The third kappa shape index (κ3) is 1.64. The summed E-state index contributed by atoms with van der Waals surface area (Å²) in [5.41, 5.74) is 6.41. The lowest BCUT2D eigenvalue weighted by atomic mass is 9.88. The quantitative estimate of drug-likeness (QED) is 0.912. The van der Waals surface area contributed by atoms with Crippen molar-refractivity contribution in [2.45, 2.75) is 31.2 Å². The van der Waals surface area contributed by atoms with Crippen molar-refractivity contribution >= 4 is 15.9 Å². The molecule has 1 aliphatic carbocycles. The van der Waals surface area contributed by atoms with E-state index < -0.39 is 0 Å². The highest BCUT2D eigenvalue weighted by atomic mass is 79.9. The lowest BCUT2D eigenvalue weighted by molar-refractivity contribution is 0.169. The molecule has 1 unspecified atom stereocenters. The fourth-order valence-corrected chi connectivity index (χ4v) is 3.53. The average Bonchev–Trinajstić information content (AvgIpc) is 3.10. The predicted octanol–water partition coefficient (Wildman–Crippen LogP) is 2.74. The molecule has 98 valence electrons. The molecule has 1 saturated carbocycles. The van der Waals surface area contributed by atoms with Crippen LogP contribution in [0.5, 0.6) is 11.5 Å². The van der Waals surface area contributed by atoms with Gasteiger partial charge >= 0.3 is 0 Å². The van der Waals surface area contributed by atoms with E-state index in [4.69, 9.17) is 15.2 Å². The number of ether oxygens (including phenoxy) is 2. The molecule has 0 aromatic heterocycles. The molecule has 1 aromatic carbocycles. The molecule has 0 bridgehead atoms. The Morgan fingerprint density at radius 1 is 1.39 bits per heavy atom. The number of nitrogens with two attached hydrogens (primary N) is 1. The molecule has 3 nitrogen and oxygen atoms in total. The fourth-order valence-electron chi connectivity index (χ4n) is 2.64. The Labute approximate surface area is 114 Å². The number of hydrogen-bond donors (Lipinski definition) is 1. The van der Waals surface area contributed by atoms with Crippen LogP contribution in [0.3, 0.4) is 0 Å². The Balaban J connectivity index is 2.16. The van der Waals surface area contributed by atoms with Crippen molar-refractivity contribution in [3.05, 3.63) is 21.9 Å². The van der Waals surface area contributed by atoms with Crippen LogP contribution in [-0.2, 0) is 5.41 Å². The van der Waals surface area contributed by atoms with Gasteiger partial charge in [-0.25, -0.2) is 4.39 Å². The third-order valence-corrected chi connectivity index (χ3v) is 4.64. The van der Waals surface area contributed by atoms with E-state index in [2.05, 4.69) is 15.9 Å². The molecular weight excluding hydrogens is 301 g/mol. The van der Waals surface area contributed by atoms with Crippen molar-refractivity contribution in [3.8, 4) is 11.5 Å². The molecule has 1 fully saturated rings. The van der Waals surface area contributed by atoms with Gasteiger partial charge < -0.3 is 15.2 Å². The first-order chi connectivity index (χ1) is 8.56. The second-order valence-corrected chi connectivity index (χ2v) is 5.81. The van der Waals surface area contributed by atoms with Crippen LogP contribution in [0.1, 0.15) is 25.3 Å². The van der Waals surface area contributed by atoms with Crippen molar-refractivity contribution in [2.24, 2.45) is 5.73 Å². The average molecular weight is 316 g/mol. The first kappa shape index (κ1) is 12.2. The van der Waals surface area contributed by atoms with Crippen molar-refractivity contribution in [1.82, 2.24) is 0 Å². The van der Waals surface area contributed by atoms with Gasteiger partial charge in [-0.2, -0.15) is 0 Å². The lowest BCUT2D eigenvalue weighted by Gasteiger charge is -2.26. The van der Waals surface area contributed by atoms with Crippen LogP contribution in [-0.4, -0.2) is 19.3 Å². The van der Waals surface area contributed by atoms with E-state index in [0.29, 0.717) is 34.7 Å². The Hall–Kier alpha value is -0.810. The minimum absolute atomic E-state index is 0.0779. The Kier molecular flexibility index (Phi) is 2.79. The highest BCUT2D eigenvalue weighted by Crippen LogP contribution is 2.56. The number of hydrogen-bond acceptors (Lipinski definition) is 3. The first-order valence-electron chi connectivity index (χ1n) is 6.10. The second kappa shape index (κ2) is 4.10. The SMILES string of the molecule is CC(N)C1(c2c(F)cc3c(c2Br)OCCO3)CC1. The minimum atomic E-state index is -0.263. The van der Waals surface area contributed by atoms with Gasteiger partial charge in [-0.15, -0.1) is 0 Å². The van der Waals surface area contributed by atoms with Crippen molar-refractivity contribution in [3.63, 3.8) is 0 Å². The van der Waals surface area contributed by atoms with Crippen LogP contribution in [0, 0.1) is 5.82 Å². The number of rotatable bonds is 2. The minimum Gasteiger partial charge on any atom is -0.486 e. The van der Waals surface area contributed by atoms with E-state index in [9.17, 15) is 4.39 Å². The maximum Gasteiger partial charge on any atom is 0.176 e. The van der Waals surface area contributed by atoms with E-state index in [1.165, 1.54) is 6.07 Å².